The molecule has 0 aromatic heterocycles. The molecule has 0 fully saturated rings. The lowest BCUT2D eigenvalue weighted by Gasteiger charge is -2.40. The lowest BCUT2D eigenvalue weighted by molar-refractivity contribution is -0.128. The van der Waals surface area contributed by atoms with Gasteiger partial charge in [-0.15, -0.1) is 0 Å². The van der Waals surface area contributed by atoms with Gasteiger partial charge in [-0.1, -0.05) is 37.6 Å². The van der Waals surface area contributed by atoms with Crippen LogP contribution in [0, 0.1) is 5.82 Å². The highest BCUT2D eigenvalue weighted by Gasteiger charge is 2.65. The van der Waals surface area contributed by atoms with Gasteiger partial charge in [-0.2, -0.15) is 0 Å². The molecule has 0 radical (unpaired) electrons. The van der Waals surface area contributed by atoms with Crippen LogP contribution in [-0.4, -0.2) is 23.8 Å². The van der Waals surface area contributed by atoms with Gasteiger partial charge >= 0.3 is 10.2 Å². The van der Waals surface area contributed by atoms with Crippen LogP contribution in [0.1, 0.15) is 18.9 Å². The van der Waals surface area contributed by atoms with Crippen molar-refractivity contribution in [3.8, 4) is 11.1 Å². The molecule has 0 saturated heterocycles. The molecule has 0 saturated carbocycles. The van der Waals surface area contributed by atoms with E-state index in [4.69, 9.17) is 5.73 Å². The molecule has 1 aliphatic heterocycles. The van der Waals surface area contributed by atoms with Gasteiger partial charge < -0.3 is 5.73 Å². The highest BCUT2D eigenvalue weighted by atomic mass is 32.5. The van der Waals surface area contributed by atoms with Crippen LogP contribution in [0.25, 0.3) is 11.1 Å². The number of nitrogens with two attached hydrogens (primary N) is 1. The van der Waals surface area contributed by atoms with E-state index in [2.05, 4.69) is 4.99 Å². The van der Waals surface area contributed by atoms with Gasteiger partial charge in [0.25, 0.3) is 0 Å². The largest absolute Gasteiger partial charge is 0.369 e. The van der Waals surface area contributed by atoms with Gasteiger partial charge in [-0.05, 0) is 42.3 Å². The van der Waals surface area contributed by atoms with Crippen LogP contribution in [-0.2, 0) is 10.3 Å². The summed E-state index contributed by atoms with van der Waals surface area (Å²) >= 11 is 0. The van der Waals surface area contributed by atoms with E-state index in [9.17, 15) is 28.6 Å². The van der Waals surface area contributed by atoms with E-state index in [1.54, 1.807) is 0 Å². The number of aliphatic imine (C=N–C) groups is 1. The van der Waals surface area contributed by atoms with Gasteiger partial charge in [0, 0.05) is 12.6 Å². The molecule has 2 N–H and O–H groups in total. The standard InChI is InChI=1S/C18H17F6N3OS/c1-18(10-16(28)27(2)17(25)26-18)14-9-12(6-7-15(14)19)11-4-3-5-13(8-11)29(20,21,22,23)24/h3-9H,10H2,1-2H3,(H2,25,26)/t18-/m0/s1. The number of hydrogen-bond donors (Lipinski definition) is 1. The average Bonchev–Trinajstić information content (AvgIpc) is 2.58. The normalized spacial score (nSPS) is 22.7. The molecule has 1 atom stereocenters. The zero-order chi connectivity index (χ0) is 21.9. The van der Waals surface area contributed by atoms with E-state index in [0.717, 1.165) is 23.1 Å². The summed E-state index contributed by atoms with van der Waals surface area (Å²) < 4.78 is 80.2. The number of carbonyl (C=O) groups excluding carboxylic acids is 1. The number of hydrogen-bond acceptors (Lipinski definition) is 3. The third-order valence-electron chi connectivity index (χ3n) is 4.73. The van der Waals surface area contributed by atoms with Crippen LogP contribution < -0.4 is 5.73 Å². The monoisotopic (exact) mass is 437 g/mol. The number of guanidine groups is 1. The van der Waals surface area contributed by atoms with E-state index in [1.165, 1.54) is 26.1 Å². The predicted molar refractivity (Wildman–Crippen MR) is 99.6 cm³/mol. The zero-order valence-electron chi connectivity index (χ0n) is 15.3. The molecule has 11 heteroatoms. The minimum absolute atomic E-state index is 0.0615. The third-order valence-corrected chi connectivity index (χ3v) is 5.88. The third kappa shape index (κ3) is 4.04. The zero-order valence-corrected chi connectivity index (χ0v) is 16.1. The number of carbonyl (C=O) groups is 1. The van der Waals surface area contributed by atoms with Crippen LogP contribution in [0.4, 0.5) is 23.8 Å². The highest BCUT2D eigenvalue weighted by Crippen LogP contribution is 3.02. The lowest BCUT2D eigenvalue weighted by atomic mass is 9.85. The Kier molecular flexibility index (Phi) is 4.12. The molecule has 1 heterocycles. The summed E-state index contributed by atoms with van der Waals surface area (Å²) in [7, 11) is -8.47. The quantitative estimate of drug-likeness (QED) is 0.641. The molecule has 2 aromatic carbocycles. The van der Waals surface area contributed by atoms with E-state index in [-0.39, 0.29) is 35.1 Å². The second-order valence-electron chi connectivity index (χ2n) is 7.06. The first kappa shape index (κ1) is 21.0. The summed E-state index contributed by atoms with van der Waals surface area (Å²) in [4.78, 5) is 15.3. The second kappa shape index (κ2) is 5.68. The topological polar surface area (TPSA) is 58.7 Å². The maximum atomic E-state index is 14.5. The summed E-state index contributed by atoms with van der Waals surface area (Å²) in [6.07, 6.45) is -0.226. The summed E-state index contributed by atoms with van der Waals surface area (Å²) in [5.41, 5.74) is 4.10. The van der Waals surface area contributed by atoms with Gasteiger partial charge in [0.2, 0.25) is 5.91 Å². The Morgan fingerprint density at radius 1 is 1.07 bits per heavy atom. The SMILES string of the molecule is CN1C(=O)C[C@@](C)(c2cc(-c3cccc(S(F)(F)(F)(F)F)c3)ccc2F)N=C1N. The van der Waals surface area contributed by atoms with Crippen molar-refractivity contribution in [2.75, 3.05) is 7.05 Å². The van der Waals surface area contributed by atoms with Gasteiger partial charge in [-0.25, -0.2) is 9.38 Å². The van der Waals surface area contributed by atoms with Crippen molar-refractivity contribution in [3.63, 3.8) is 0 Å². The van der Waals surface area contributed by atoms with E-state index in [0.29, 0.717) is 6.07 Å². The summed E-state index contributed by atoms with van der Waals surface area (Å²) in [5.74, 6) is -1.32. The molecule has 158 valence electrons. The lowest BCUT2D eigenvalue weighted by Crippen LogP contribution is -2.47. The molecule has 0 unspecified atom stereocenters. The fraction of sp³-hybridized carbons (Fsp3) is 0.222. The minimum Gasteiger partial charge on any atom is -0.369 e. The molecule has 1 aliphatic rings. The average molecular weight is 437 g/mol. The fourth-order valence-corrected chi connectivity index (χ4v) is 3.78. The van der Waals surface area contributed by atoms with E-state index in [1.807, 2.05) is 0 Å². The number of benzene rings is 2. The van der Waals surface area contributed by atoms with Gasteiger partial charge in [0.15, 0.2) is 5.96 Å². The van der Waals surface area contributed by atoms with Crippen molar-refractivity contribution in [3.05, 3.63) is 53.8 Å². The minimum atomic E-state index is -9.87. The second-order valence-corrected chi connectivity index (χ2v) is 9.47. The Bertz CT molecular complexity index is 1050. The molecule has 0 aliphatic carbocycles. The predicted octanol–water partition coefficient (Wildman–Crippen LogP) is 5.54. The molecule has 1 amide bonds. The van der Waals surface area contributed by atoms with Crippen molar-refractivity contribution in [2.45, 2.75) is 23.8 Å². The fourth-order valence-electron chi connectivity index (χ4n) is 3.10. The summed E-state index contributed by atoms with van der Waals surface area (Å²) in [6.45, 7) is 1.46. The maximum Gasteiger partial charge on any atom is 0.310 e. The Balaban J connectivity index is 2.14. The first-order valence-corrected chi connectivity index (χ1v) is 10.2. The molecule has 0 spiro atoms. The van der Waals surface area contributed by atoms with Crippen molar-refractivity contribution >= 4 is 22.1 Å². The van der Waals surface area contributed by atoms with Gasteiger partial charge in [0.05, 0.1) is 12.0 Å². The number of halogens is 6. The summed E-state index contributed by atoms with van der Waals surface area (Å²) in [6, 6.07) is 5.99. The first-order valence-electron chi connectivity index (χ1n) is 8.27. The highest BCUT2D eigenvalue weighted by molar-refractivity contribution is 8.45. The summed E-state index contributed by atoms with van der Waals surface area (Å²) in [5, 5.41) is 0. The Morgan fingerprint density at radius 2 is 1.69 bits per heavy atom. The van der Waals surface area contributed by atoms with Crippen molar-refractivity contribution in [2.24, 2.45) is 10.7 Å². The number of amides is 1. The smallest absolute Gasteiger partial charge is 0.310 e. The number of nitrogens with zero attached hydrogens (tertiary/aromatic N) is 2. The maximum absolute atomic E-state index is 14.5. The van der Waals surface area contributed by atoms with E-state index < -0.39 is 32.4 Å². The molecular formula is C18H17F6N3OS. The van der Waals surface area contributed by atoms with Crippen LogP contribution in [0.3, 0.4) is 0 Å². The first-order chi connectivity index (χ1) is 13.0. The van der Waals surface area contributed by atoms with Crippen LogP contribution in [0.5, 0.6) is 0 Å². The Morgan fingerprint density at radius 3 is 2.28 bits per heavy atom. The molecule has 0 bridgehead atoms. The van der Waals surface area contributed by atoms with E-state index >= 15 is 0 Å². The van der Waals surface area contributed by atoms with Crippen molar-refractivity contribution in [1.29, 1.82) is 0 Å². The van der Waals surface area contributed by atoms with Crippen LogP contribution in [0.15, 0.2) is 52.4 Å². The van der Waals surface area contributed by atoms with Crippen LogP contribution >= 0.6 is 10.2 Å². The molecule has 4 nitrogen and oxygen atoms in total. The van der Waals surface area contributed by atoms with Gasteiger partial charge in [0.1, 0.15) is 10.7 Å². The van der Waals surface area contributed by atoms with Crippen molar-refractivity contribution in [1.82, 2.24) is 4.90 Å². The Labute approximate surface area is 162 Å². The molecular weight excluding hydrogens is 420 g/mol. The van der Waals surface area contributed by atoms with Gasteiger partial charge in [-0.3, -0.25) is 9.69 Å². The molecule has 29 heavy (non-hydrogen) atoms. The molecule has 2 aromatic rings. The molecule has 3 rings (SSSR count). The Hall–Kier alpha value is -2.69. The number of rotatable bonds is 3. The van der Waals surface area contributed by atoms with Crippen LogP contribution in [0.2, 0.25) is 0 Å². The van der Waals surface area contributed by atoms with Crippen molar-refractivity contribution < 1.29 is 28.6 Å².